The lowest BCUT2D eigenvalue weighted by molar-refractivity contribution is 0.0793. The Bertz CT molecular complexity index is 499. The van der Waals surface area contributed by atoms with E-state index < -0.39 is 13.0 Å². The SMILES string of the molecule is O=C(NCC1CCCC(O)C1)c1ccnc(OCC(F)F)c1. The average Bonchev–Trinajstić information content (AvgIpc) is 2.51. The Labute approximate surface area is 127 Å². The number of amides is 1. The van der Waals surface area contributed by atoms with E-state index in [-0.39, 0.29) is 23.8 Å². The molecule has 2 atom stereocenters. The fourth-order valence-corrected chi connectivity index (χ4v) is 2.57. The molecular weight excluding hydrogens is 294 g/mol. The van der Waals surface area contributed by atoms with E-state index in [1.54, 1.807) is 0 Å². The summed E-state index contributed by atoms with van der Waals surface area (Å²) < 4.78 is 29.0. The van der Waals surface area contributed by atoms with Gasteiger partial charge < -0.3 is 15.2 Å². The molecule has 1 saturated carbocycles. The van der Waals surface area contributed by atoms with Gasteiger partial charge in [-0.2, -0.15) is 0 Å². The highest BCUT2D eigenvalue weighted by Gasteiger charge is 2.20. The van der Waals surface area contributed by atoms with E-state index in [4.69, 9.17) is 4.74 Å². The van der Waals surface area contributed by atoms with Crippen LogP contribution in [0, 0.1) is 5.92 Å². The molecule has 2 unspecified atom stereocenters. The molecule has 5 nitrogen and oxygen atoms in total. The van der Waals surface area contributed by atoms with Crippen molar-refractivity contribution in [2.75, 3.05) is 13.2 Å². The molecule has 0 aliphatic heterocycles. The maximum atomic E-state index is 12.1. The van der Waals surface area contributed by atoms with Crippen molar-refractivity contribution in [2.45, 2.75) is 38.2 Å². The van der Waals surface area contributed by atoms with Crippen LogP contribution >= 0.6 is 0 Å². The summed E-state index contributed by atoms with van der Waals surface area (Å²) in [6, 6.07) is 2.84. The monoisotopic (exact) mass is 314 g/mol. The Balaban J connectivity index is 1.85. The van der Waals surface area contributed by atoms with Crippen molar-refractivity contribution in [3.8, 4) is 5.88 Å². The minimum atomic E-state index is -2.59. The number of hydrogen-bond acceptors (Lipinski definition) is 4. The largest absolute Gasteiger partial charge is 0.472 e. The van der Waals surface area contributed by atoms with Gasteiger partial charge in [0.2, 0.25) is 5.88 Å². The molecule has 1 fully saturated rings. The Morgan fingerprint density at radius 2 is 2.32 bits per heavy atom. The Kier molecular flexibility index (Phi) is 6.06. The van der Waals surface area contributed by atoms with Crippen molar-refractivity contribution >= 4 is 5.91 Å². The van der Waals surface area contributed by atoms with Gasteiger partial charge in [0.25, 0.3) is 12.3 Å². The number of ether oxygens (including phenoxy) is 1. The molecule has 1 aliphatic carbocycles. The lowest BCUT2D eigenvalue weighted by atomic mass is 9.87. The number of alkyl halides is 2. The van der Waals surface area contributed by atoms with Crippen LogP contribution in [0.4, 0.5) is 8.78 Å². The molecule has 0 spiro atoms. The Hall–Kier alpha value is -1.76. The second-order valence-corrected chi connectivity index (χ2v) is 5.48. The van der Waals surface area contributed by atoms with Crippen LogP contribution < -0.4 is 10.1 Å². The highest BCUT2D eigenvalue weighted by molar-refractivity contribution is 5.94. The molecule has 0 radical (unpaired) electrons. The summed E-state index contributed by atoms with van der Waals surface area (Å²) in [4.78, 5) is 15.8. The van der Waals surface area contributed by atoms with Crippen molar-refractivity contribution in [2.24, 2.45) is 5.92 Å². The predicted molar refractivity (Wildman–Crippen MR) is 76.0 cm³/mol. The molecule has 2 N–H and O–H groups in total. The number of rotatable bonds is 6. The summed E-state index contributed by atoms with van der Waals surface area (Å²) in [6.07, 6.45) is 1.93. The number of nitrogens with zero attached hydrogens (tertiary/aromatic N) is 1. The van der Waals surface area contributed by atoms with Crippen molar-refractivity contribution in [3.63, 3.8) is 0 Å². The molecule has 1 aromatic rings. The van der Waals surface area contributed by atoms with Crippen LogP contribution in [0.5, 0.6) is 5.88 Å². The van der Waals surface area contributed by atoms with Crippen molar-refractivity contribution < 1.29 is 23.4 Å². The fourth-order valence-electron chi connectivity index (χ4n) is 2.57. The number of carbonyl (C=O) groups excluding carboxylic acids is 1. The quantitative estimate of drug-likeness (QED) is 0.842. The van der Waals surface area contributed by atoms with E-state index >= 15 is 0 Å². The predicted octanol–water partition coefficient (Wildman–Crippen LogP) is 2.01. The highest BCUT2D eigenvalue weighted by Crippen LogP contribution is 2.23. The van der Waals surface area contributed by atoms with E-state index in [2.05, 4.69) is 10.3 Å². The summed E-state index contributed by atoms with van der Waals surface area (Å²) in [6.45, 7) is -0.260. The van der Waals surface area contributed by atoms with Gasteiger partial charge in [-0.15, -0.1) is 0 Å². The summed E-state index contributed by atoms with van der Waals surface area (Å²) in [7, 11) is 0. The van der Waals surface area contributed by atoms with Crippen LogP contribution in [0.25, 0.3) is 0 Å². The number of halogens is 2. The molecule has 1 amide bonds. The smallest absolute Gasteiger partial charge is 0.272 e. The minimum Gasteiger partial charge on any atom is -0.472 e. The van der Waals surface area contributed by atoms with E-state index in [1.165, 1.54) is 18.3 Å². The molecule has 7 heteroatoms. The van der Waals surface area contributed by atoms with Gasteiger partial charge in [-0.1, -0.05) is 6.42 Å². The fraction of sp³-hybridized carbons (Fsp3) is 0.600. The molecule has 1 aliphatic rings. The first-order chi connectivity index (χ1) is 10.5. The van der Waals surface area contributed by atoms with Gasteiger partial charge in [0.1, 0.15) is 0 Å². The van der Waals surface area contributed by atoms with Gasteiger partial charge in [-0.3, -0.25) is 4.79 Å². The molecule has 0 bridgehead atoms. The van der Waals surface area contributed by atoms with E-state index in [9.17, 15) is 18.7 Å². The molecule has 0 aromatic carbocycles. The highest BCUT2D eigenvalue weighted by atomic mass is 19.3. The summed E-state index contributed by atoms with van der Waals surface area (Å²) in [5, 5.41) is 12.4. The molecule has 1 aromatic heterocycles. The summed E-state index contributed by atoms with van der Waals surface area (Å²) in [5.74, 6) is -0.0329. The Morgan fingerprint density at radius 3 is 3.05 bits per heavy atom. The first-order valence-corrected chi connectivity index (χ1v) is 7.38. The third-order valence-corrected chi connectivity index (χ3v) is 3.66. The van der Waals surface area contributed by atoms with Crippen LogP contribution in [-0.2, 0) is 0 Å². The topological polar surface area (TPSA) is 71.5 Å². The lowest BCUT2D eigenvalue weighted by Crippen LogP contribution is -2.33. The molecule has 122 valence electrons. The van der Waals surface area contributed by atoms with E-state index in [0.717, 1.165) is 19.3 Å². The average molecular weight is 314 g/mol. The zero-order valence-electron chi connectivity index (χ0n) is 12.2. The molecule has 0 saturated heterocycles. The number of pyridine rings is 1. The van der Waals surface area contributed by atoms with Crippen LogP contribution in [0.3, 0.4) is 0 Å². The number of nitrogens with one attached hydrogen (secondary N) is 1. The first kappa shape index (κ1) is 16.6. The van der Waals surface area contributed by atoms with Gasteiger partial charge in [-0.05, 0) is 31.2 Å². The Morgan fingerprint density at radius 1 is 1.50 bits per heavy atom. The third-order valence-electron chi connectivity index (χ3n) is 3.66. The number of aliphatic hydroxyl groups excluding tert-OH is 1. The van der Waals surface area contributed by atoms with Gasteiger partial charge >= 0.3 is 0 Å². The molecule has 22 heavy (non-hydrogen) atoms. The van der Waals surface area contributed by atoms with Gasteiger partial charge in [0.05, 0.1) is 6.10 Å². The minimum absolute atomic E-state index is 0.000962. The number of hydrogen-bond donors (Lipinski definition) is 2. The van der Waals surface area contributed by atoms with Crippen molar-refractivity contribution in [3.05, 3.63) is 23.9 Å². The van der Waals surface area contributed by atoms with Gasteiger partial charge in [0, 0.05) is 24.4 Å². The van der Waals surface area contributed by atoms with E-state index in [0.29, 0.717) is 18.5 Å². The van der Waals surface area contributed by atoms with Crippen molar-refractivity contribution in [1.29, 1.82) is 0 Å². The zero-order valence-corrected chi connectivity index (χ0v) is 12.2. The summed E-state index contributed by atoms with van der Waals surface area (Å²) in [5.41, 5.74) is 0.315. The molecule has 1 heterocycles. The third kappa shape index (κ3) is 5.22. The molecule has 2 rings (SSSR count). The summed E-state index contributed by atoms with van der Waals surface area (Å²) >= 11 is 0. The lowest BCUT2D eigenvalue weighted by Gasteiger charge is -2.25. The molecular formula is C15H20F2N2O3. The maximum Gasteiger partial charge on any atom is 0.272 e. The number of aromatic nitrogens is 1. The van der Waals surface area contributed by atoms with Crippen LogP contribution in [0.1, 0.15) is 36.0 Å². The number of carbonyl (C=O) groups is 1. The standard InChI is InChI=1S/C15H20F2N2O3/c16-13(17)9-22-14-7-11(4-5-18-14)15(21)19-8-10-2-1-3-12(20)6-10/h4-5,7,10,12-13,20H,1-3,6,8-9H2,(H,19,21). The van der Waals surface area contributed by atoms with Crippen LogP contribution in [-0.4, -0.2) is 41.7 Å². The number of aliphatic hydroxyl groups is 1. The normalized spacial score (nSPS) is 21.6. The second kappa shape index (κ2) is 8.03. The second-order valence-electron chi connectivity index (χ2n) is 5.48. The maximum absolute atomic E-state index is 12.1. The van der Waals surface area contributed by atoms with E-state index in [1.807, 2.05) is 0 Å². The van der Waals surface area contributed by atoms with Gasteiger partial charge in [0.15, 0.2) is 6.61 Å². The van der Waals surface area contributed by atoms with Crippen LogP contribution in [0.2, 0.25) is 0 Å². The zero-order chi connectivity index (χ0) is 15.9. The van der Waals surface area contributed by atoms with Crippen molar-refractivity contribution in [1.82, 2.24) is 10.3 Å². The van der Waals surface area contributed by atoms with Crippen LogP contribution in [0.15, 0.2) is 18.3 Å². The van der Waals surface area contributed by atoms with Gasteiger partial charge in [-0.25, -0.2) is 13.8 Å². The first-order valence-electron chi connectivity index (χ1n) is 7.38.